The molecule has 0 unspecified atom stereocenters. The SMILES string of the molecule is Cc1cccc(CN2CCCn3nc(C(=O)NCCc4cnc[nH]4)cc3C2=O)c1. The third kappa shape index (κ3) is 4.37. The van der Waals surface area contributed by atoms with Gasteiger partial charge in [0.25, 0.3) is 11.8 Å². The Morgan fingerprint density at radius 3 is 2.97 bits per heavy atom. The van der Waals surface area contributed by atoms with E-state index in [1.54, 1.807) is 23.3 Å². The predicted molar refractivity (Wildman–Crippen MR) is 107 cm³/mol. The molecule has 0 fully saturated rings. The van der Waals surface area contributed by atoms with E-state index in [4.69, 9.17) is 0 Å². The molecule has 0 radical (unpaired) electrons. The molecule has 2 aromatic heterocycles. The van der Waals surface area contributed by atoms with Gasteiger partial charge in [0.2, 0.25) is 0 Å². The first-order chi connectivity index (χ1) is 14.1. The lowest BCUT2D eigenvalue weighted by Crippen LogP contribution is -2.30. The Balaban J connectivity index is 1.43. The van der Waals surface area contributed by atoms with Crippen molar-refractivity contribution in [3.8, 4) is 0 Å². The summed E-state index contributed by atoms with van der Waals surface area (Å²) in [6.07, 6.45) is 4.79. The summed E-state index contributed by atoms with van der Waals surface area (Å²) in [5.41, 5.74) is 3.96. The summed E-state index contributed by atoms with van der Waals surface area (Å²) in [5, 5.41) is 7.22. The minimum atomic E-state index is -0.275. The molecule has 0 bridgehead atoms. The van der Waals surface area contributed by atoms with Gasteiger partial charge in [0, 0.05) is 50.6 Å². The number of benzene rings is 1. The number of aromatic nitrogens is 4. The minimum Gasteiger partial charge on any atom is -0.350 e. The van der Waals surface area contributed by atoms with Crippen molar-refractivity contribution < 1.29 is 9.59 Å². The van der Waals surface area contributed by atoms with E-state index in [2.05, 4.69) is 26.4 Å². The van der Waals surface area contributed by atoms with E-state index >= 15 is 0 Å². The number of amides is 2. The Hall–Kier alpha value is -3.42. The van der Waals surface area contributed by atoms with Crippen LogP contribution in [0.15, 0.2) is 42.9 Å². The van der Waals surface area contributed by atoms with Crippen molar-refractivity contribution in [1.82, 2.24) is 30.0 Å². The van der Waals surface area contributed by atoms with E-state index in [1.165, 1.54) is 5.56 Å². The third-order valence-electron chi connectivity index (χ3n) is 5.01. The summed E-state index contributed by atoms with van der Waals surface area (Å²) >= 11 is 0. The largest absolute Gasteiger partial charge is 0.350 e. The molecule has 1 aliphatic rings. The molecule has 150 valence electrons. The van der Waals surface area contributed by atoms with Crippen molar-refractivity contribution in [3.05, 3.63) is 71.1 Å². The molecule has 0 aliphatic carbocycles. The zero-order valence-electron chi connectivity index (χ0n) is 16.4. The van der Waals surface area contributed by atoms with Crippen molar-refractivity contribution in [2.24, 2.45) is 0 Å². The molecule has 4 rings (SSSR count). The molecular formula is C21H24N6O2. The third-order valence-corrected chi connectivity index (χ3v) is 5.01. The number of aromatic amines is 1. The molecule has 29 heavy (non-hydrogen) atoms. The van der Waals surface area contributed by atoms with Crippen LogP contribution in [0.2, 0.25) is 0 Å². The van der Waals surface area contributed by atoms with Crippen LogP contribution < -0.4 is 5.32 Å². The fraction of sp³-hybridized carbons (Fsp3) is 0.333. The Morgan fingerprint density at radius 2 is 2.17 bits per heavy atom. The van der Waals surface area contributed by atoms with Crippen LogP contribution in [0.1, 0.15) is 44.2 Å². The molecule has 8 heteroatoms. The predicted octanol–water partition coefficient (Wildman–Crippen LogP) is 1.93. The lowest BCUT2D eigenvalue weighted by atomic mass is 10.1. The summed E-state index contributed by atoms with van der Waals surface area (Å²) in [7, 11) is 0. The van der Waals surface area contributed by atoms with Crippen LogP contribution >= 0.6 is 0 Å². The molecule has 2 N–H and O–H groups in total. The van der Waals surface area contributed by atoms with E-state index < -0.39 is 0 Å². The van der Waals surface area contributed by atoms with E-state index in [-0.39, 0.29) is 17.5 Å². The number of carbonyl (C=O) groups is 2. The molecule has 2 amide bonds. The quantitative estimate of drug-likeness (QED) is 0.670. The molecule has 3 heterocycles. The highest BCUT2D eigenvalue weighted by Crippen LogP contribution is 2.17. The second-order valence-electron chi connectivity index (χ2n) is 7.29. The van der Waals surface area contributed by atoms with Crippen molar-refractivity contribution in [1.29, 1.82) is 0 Å². The Kier molecular flexibility index (Phi) is 5.41. The maximum atomic E-state index is 13.1. The molecule has 0 spiro atoms. The van der Waals surface area contributed by atoms with Crippen LogP contribution in [-0.4, -0.2) is 49.6 Å². The lowest BCUT2D eigenvalue weighted by Gasteiger charge is -2.20. The van der Waals surface area contributed by atoms with Crippen LogP contribution in [0.4, 0.5) is 0 Å². The van der Waals surface area contributed by atoms with Crippen molar-refractivity contribution >= 4 is 11.8 Å². The molecular weight excluding hydrogens is 368 g/mol. The number of carbonyl (C=O) groups excluding carboxylic acids is 2. The summed E-state index contributed by atoms with van der Waals surface area (Å²) in [6, 6.07) is 9.76. The smallest absolute Gasteiger partial charge is 0.272 e. The van der Waals surface area contributed by atoms with Gasteiger partial charge in [0.15, 0.2) is 5.69 Å². The van der Waals surface area contributed by atoms with E-state index in [0.717, 1.165) is 17.7 Å². The van der Waals surface area contributed by atoms with Crippen LogP contribution in [0.3, 0.4) is 0 Å². The number of nitrogens with zero attached hydrogens (tertiary/aromatic N) is 4. The highest BCUT2D eigenvalue weighted by atomic mass is 16.2. The molecule has 0 saturated heterocycles. The standard InChI is InChI=1S/C21H24N6O2/c1-15-4-2-5-16(10-15)13-26-8-3-9-27-19(21(26)29)11-18(25-27)20(28)23-7-6-17-12-22-14-24-17/h2,4-5,10-12,14H,3,6-9,13H2,1H3,(H,22,24)(H,23,28). The number of H-pyrrole nitrogens is 1. The summed E-state index contributed by atoms with van der Waals surface area (Å²) in [6.45, 7) is 4.35. The number of hydrogen-bond acceptors (Lipinski definition) is 4. The fourth-order valence-corrected chi connectivity index (χ4v) is 3.55. The zero-order valence-corrected chi connectivity index (χ0v) is 16.4. The molecule has 1 aromatic carbocycles. The van der Waals surface area contributed by atoms with Gasteiger partial charge in [-0.05, 0) is 18.9 Å². The summed E-state index contributed by atoms with van der Waals surface area (Å²) in [5.74, 6) is -0.365. The van der Waals surface area contributed by atoms with E-state index in [1.807, 2.05) is 30.0 Å². The van der Waals surface area contributed by atoms with Crippen molar-refractivity contribution in [2.45, 2.75) is 32.9 Å². The normalized spacial score (nSPS) is 13.8. The zero-order chi connectivity index (χ0) is 20.2. The van der Waals surface area contributed by atoms with E-state index in [9.17, 15) is 9.59 Å². The van der Waals surface area contributed by atoms with Gasteiger partial charge in [-0.2, -0.15) is 5.10 Å². The molecule has 0 atom stereocenters. The Bertz CT molecular complexity index is 1010. The van der Waals surface area contributed by atoms with Crippen LogP contribution in [0.5, 0.6) is 0 Å². The number of nitrogens with one attached hydrogen (secondary N) is 2. The number of rotatable bonds is 6. The summed E-state index contributed by atoms with van der Waals surface area (Å²) < 4.78 is 1.66. The second-order valence-corrected chi connectivity index (χ2v) is 7.29. The van der Waals surface area contributed by atoms with Crippen molar-refractivity contribution in [3.63, 3.8) is 0 Å². The molecule has 8 nitrogen and oxygen atoms in total. The van der Waals surface area contributed by atoms with Gasteiger partial charge in [0.05, 0.1) is 6.33 Å². The van der Waals surface area contributed by atoms with E-state index in [0.29, 0.717) is 38.3 Å². The highest BCUT2D eigenvalue weighted by molar-refractivity contribution is 5.98. The van der Waals surface area contributed by atoms with Gasteiger partial charge < -0.3 is 15.2 Å². The number of imidazole rings is 1. The number of aryl methyl sites for hydroxylation is 2. The van der Waals surface area contributed by atoms with Gasteiger partial charge >= 0.3 is 0 Å². The average Bonchev–Trinajstić information content (AvgIpc) is 3.34. The van der Waals surface area contributed by atoms with Gasteiger partial charge in [-0.1, -0.05) is 29.8 Å². The molecule has 0 saturated carbocycles. The average molecular weight is 392 g/mol. The minimum absolute atomic E-state index is 0.0898. The first-order valence-corrected chi connectivity index (χ1v) is 9.78. The first kappa shape index (κ1) is 18.9. The monoisotopic (exact) mass is 392 g/mol. The maximum Gasteiger partial charge on any atom is 0.272 e. The van der Waals surface area contributed by atoms with Gasteiger partial charge in [-0.25, -0.2) is 4.98 Å². The molecule has 3 aromatic rings. The topological polar surface area (TPSA) is 95.9 Å². The van der Waals surface area contributed by atoms with Gasteiger partial charge in [-0.3, -0.25) is 14.3 Å². The van der Waals surface area contributed by atoms with Crippen LogP contribution in [0, 0.1) is 6.92 Å². The van der Waals surface area contributed by atoms with Crippen molar-refractivity contribution in [2.75, 3.05) is 13.1 Å². The van der Waals surface area contributed by atoms with Crippen LogP contribution in [-0.2, 0) is 19.5 Å². The Labute approximate surface area is 168 Å². The maximum absolute atomic E-state index is 13.1. The lowest BCUT2D eigenvalue weighted by molar-refractivity contribution is 0.0745. The fourth-order valence-electron chi connectivity index (χ4n) is 3.55. The van der Waals surface area contributed by atoms with Crippen LogP contribution in [0.25, 0.3) is 0 Å². The van der Waals surface area contributed by atoms with Gasteiger partial charge in [0.1, 0.15) is 5.69 Å². The number of fused-ring (bicyclic) bond motifs is 1. The first-order valence-electron chi connectivity index (χ1n) is 9.78. The second kappa shape index (κ2) is 8.30. The highest BCUT2D eigenvalue weighted by Gasteiger charge is 2.26. The summed E-state index contributed by atoms with van der Waals surface area (Å²) in [4.78, 5) is 34.3. The van der Waals surface area contributed by atoms with Gasteiger partial charge in [-0.15, -0.1) is 0 Å². The molecule has 1 aliphatic heterocycles. The Morgan fingerprint density at radius 1 is 1.28 bits per heavy atom. The number of hydrogen-bond donors (Lipinski definition) is 2.